The molecule has 0 aromatic heterocycles. The SMILES string of the molecule is COC(=O)/C=C/c1ccccc1-c1cccc(-c2ccccc2)c1C. The molecule has 0 unspecified atom stereocenters. The van der Waals surface area contributed by atoms with Crippen molar-refractivity contribution in [3.8, 4) is 22.3 Å². The Kier molecular flexibility index (Phi) is 5.10. The number of carbonyl (C=O) groups is 1. The van der Waals surface area contributed by atoms with Crippen molar-refractivity contribution in [3.05, 3.63) is 90.0 Å². The van der Waals surface area contributed by atoms with Gasteiger partial charge < -0.3 is 4.74 Å². The summed E-state index contributed by atoms with van der Waals surface area (Å²) in [6, 6.07) is 24.8. The van der Waals surface area contributed by atoms with Crippen LogP contribution in [0.4, 0.5) is 0 Å². The molecule has 0 saturated carbocycles. The molecule has 2 nitrogen and oxygen atoms in total. The summed E-state index contributed by atoms with van der Waals surface area (Å²) in [5.41, 5.74) is 6.87. The van der Waals surface area contributed by atoms with Gasteiger partial charge in [-0.25, -0.2) is 4.79 Å². The van der Waals surface area contributed by atoms with E-state index in [2.05, 4.69) is 55.5 Å². The largest absolute Gasteiger partial charge is 0.466 e. The average Bonchev–Trinajstić information content (AvgIpc) is 2.67. The topological polar surface area (TPSA) is 26.3 Å². The second-order valence-electron chi connectivity index (χ2n) is 5.79. The predicted octanol–water partition coefficient (Wildman–Crippen LogP) is 5.52. The molecule has 3 rings (SSSR count). The highest BCUT2D eigenvalue weighted by molar-refractivity contribution is 5.90. The molecule has 0 radical (unpaired) electrons. The molecule has 3 aromatic carbocycles. The molecule has 0 aliphatic heterocycles. The number of ether oxygens (including phenoxy) is 1. The van der Waals surface area contributed by atoms with E-state index in [4.69, 9.17) is 4.74 Å². The number of hydrogen-bond donors (Lipinski definition) is 0. The normalized spacial score (nSPS) is 10.8. The molecule has 0 bridgehead atoms. The third-order valence-corrected chi connectivity index (χ3v) is 4.27. The fraction of sp³-hybridized carbons (Fsp3) is 0.0870. The van der Waals surface area contributed by atoms with Crippen LogP contribution in [-0.4, -0.2) is 13.1 Å². The van der Waals surface area contributed by atoms with Crippen LogP contribution in [0.5, 0.6) is 0 Å². The Morgan fingerprint density at radius 3 is 2.20 bits per heavy atom. The maximum Gasteiger partial charge on any atom is 0.330 e. The van der Waals surface area contributed by atoms with Gasteiger partial charge in [0.05, 0.1) is 7.11 Å². The summed E-state index contributed by atoms with van der Waals surface area (Å²) < 4.78 is 4.69. The lowest BCUT2D eigenvalue weighted by Gasteiger charge is -2.14. The van der Waals surface area contributed by atoms with Gasteiger partial charge in [-0.2, -0.15) is 0 Å². The molecule has 25 heavy (non-hydrogen) atoms. The van der Waals surface area contributed by atoms with Crippen molar-refractivity contribution >= 4 is 12.0 Å². The molecule has 0 aliphatic rings. The lowest BCUT2D eigenvalue weighted by Crippen LogP contribution is -1.94. The van der Waals surface area contributed by atoms with Crippen molar-refractivity contribution < 1.29 is 9.53 Å². The van der Waals surface area contributed by atoms with E-state index in [1.54, 1.807) is 6.08 Å². The Morgan fingerprint density at radius 1 is 0.800 bits per heavy atom. The van der Waals surface area contributed by atoms with Crippen molar-refractivity contribution in [2.24, 2.45) is 0 Å². The first-order valence-electron chi connectivity index (χ1n) is 8.21. The molecular formula is C23H20O2. The Hall–Kier alpha value is -3.13. The second-order valence-corrected chi connectivity index (χ2v) is 5.79. The summed E-state index contributed by atoms with van der Waals surface area (Å²) in [4.78, 5) is 11.4. The molecule has 3 aromatic rings. The Labute approximate surface area is 148 Å². The van der Waals surface area contributed by atoms with Crippen LogP contribution < -0.4 is 0 Å². The predicted molar refractivity (Wildman–Crippen MR) is 103 cm³/mol. The van der Waals surface area contributed by atoms with Gasteiger partial charge in [0, 0.05) is 6.08 Å². The average molecular weight is 328 g/mol. The molecule has 0 saturated heterocycles. The van der Waals surface area contributed by atoms with Gasteiger partial charge in [-0.3, -0.25) is 0 Å². The van der Waals surface area contributed by atoms with Crippen LogP contribution in [0.15, 0.2) is 78.9 Å². The highest BCUT2D eigenvalue weighted by Crippen LogP contribution is 2.33. The summed E-state index contributed by atoms with van der Waals surface area (Å²) in [6.07, 6.45) is 3.25. The molecule has 0 atom stereocenters. The van der Waals surface area contributed by atoms with E-state index >= 15 is 0 Å². The fourth-order valence-electron chi connectivity index (χ4n) is 2.97. The molecule has 0 fully saturated rings. The zero-order valence-electron chi connectivity index (χ0n) is 14.4. The van der Waals surface area contributed by atoms with E-state index in [0.717, 1.165) is 16.7 Å². The minimum atomic E-state index is -0.357. The second kappa shape index (κ2) is 7.63. The highest BCUT2D eigenvalue weighted by atomic mass is 16.5. The van der Waals surface area contributed by atoms with Gasteiger partial charge in [0.25, 0.3) is 0 Å². The number of rotatable bonds is 4. The van der Waals surface area contributed by atoms with E-state index in [1.165, 1.54) is 29.9 Å². The van der Waals surface area contributed by atoms with Crippen LogP contribution in [0.2, 0.25) is 0 Å². The molecule has 124 valence electrons. The molecule has 2 heteroatoms. The van der Waals surface area contributed by atoms with E-state index in [9.17, 15) is 4.79 Å². The van der Waals surface area contributed by atoms with Crippen LogP contribution in [0.1, 0.15) is 11.1 Å². The van der Waals surface area contributed by atoms with Crippen molar-refractivity contribution in [3.63, 3.8) is 0 Å². The van der Waals surface area contributed by atoms with Gasteiger partial charge in [0.1, 0.15) is 0 Å². The summed E-state index contributed by atoms with van der Waals surface area (Å²) in [5, 5.41) is 0. The number of methoxy groups -OCH3 is 1. The quantitative estimate of drug-likeness (QED) is 0.466. The smallest absolute Gasteiger partial charge is 0.330 e. The third kappa shape index (κ3) is 3.69. The van der Waals surface area contributed by atoms with Gasteiger partial charge in [0.15, 0.2) is 0 Å². The molecule has 0 aliphatic carbocycles. The van der Waals surface area contributed by atoms with E-state index in [0.29, 0.717) is 0 Å². The van der Waals surface area contributed by atoms with Crippen LogP contribution in [0, 0.1) is 6.92 Å². The lowest BCUT2D eigenvalue weighted by molar-refractivity contribution is -0.134. The third-order valence-electron chi connectivity index (χ3n) is 4.27. The summed E-state index contributed by atoms with van der Waals surface area (Å²) in [7, 11) is 1.38. The molecule has 0 heterocycles. The van der Waals surface area contributed by atoms with Gasteiger partial charge in [-0.15, -0.1) is 0 Å². The standard InChI is InChI=1S/C23H20O2/c1-17-20(18-9-4-3-5-10-18)13-8-14-21(17)22-12-7-6-11-19(22)15-16-23(24)25-2/h3-16H,1-2H3/b16-15+. The molecule has 0 N–H and O–H groups in total. The zero-order chi connectivity index (χ0) is 17.6. The van der Waals surface area contributed by atoms with Crippen molar-refractivity contribution in [2.75, 3.05) is 7.11 Å². The minimum absolute atomic E-state index is 0.357. The van der Waals surface area contributed by atoms with Gasteiger partial charge in [-0.05, 0) is 46.4 Å². The summed E-state index contributed by atoms with van der Waals surface area (Å²) in [6.45, 7) is 2.14. The Bertz CT molecular complexity index is 908. The first-order valence-corrected chi connectivity index (χ1v) is 8.21. The first kappa shape index (κ1) is 16.7. The van der Waals surface area contributed by atoms with Gasteiger partial charge >= 0.3 is 5.97 Å². The van der Waals surface area contributed by atoms with Gasteiger partial charge in [0.2, 0.25) is 0 Å². The highest BCUT2D eigenvalue weighted by Gasteiger charge is 2.10. The number of hydrogen-bond acceptors (Lipinski definition) is 2. The Morgan fingerprint density at radius 2 is 1.44 bits per heavy atom. The maximum atomic E-state index is 11.4. The van der Waals surface area contributed by atoms with Crippen LogP contribution >= 0.6 is 0 Å². The summed E-state index contributed by atoms with van der Waals surface area (Å²) in [5.74, 6) is -0.357. The van der Waals surface area contributed by atoms with Crippen molar-refractivity contribution in [1.29, 1.82) is 0 Å². The first-order chi connectivity index (χ1) is 12.2. The molecule has 0 spiro atoms. The van der Waals surface area contributed by atoms with E-state index in [-0.39, 0.29) is 5.97 Å². The number of benzene rings is 3. The Balaban J connectivity index is 2.09. The zero-order valence-corrected chi connectivity index (χ0v) is 14.4. The van der Waals surface area contributed by atoms with Crippen LogP contribution in [-0.2, 0) is 9.53 Å². The molecule has 0 amide bonds. The monoisotopic (exact) mass is 328 g/mol. The fourth-order valence-corrected chi connectivity index (χ4v) is 2.97. The van der Waals surface area contributed by atoms with Crippen LogP contribution in [0.25, 0.3) is 28.3 Å². The van der Waals surface area contributed by atoms with Crippen molar-refractivity contribution in [2.45, 2.75) is 6.92 Å². The lowest BCUT2D eigenvalue weighted by atomic mass is 9.90. The van der Waals surface area contributed by atoms with Crippen molar-refractivity contribution in [1.82, 2.24) is 0 Å². The number of esters is 1. The molecular weight excluding hydrogens is 308 g/mol. The maximum absolute atomic E-state index is 11.4. The van der Waals surface area contributed by atoms with Gasteiger partial charge in [-0.1, -0.05) is 72.8 Å². The van der Waals surface area contributed by atoms with Crippen LogP contribution in [0.3, 0.4) is 0 Å². The minimum Gasteiger partial charge on any atom is -0.466 e. The van der Waals surface area contributed by atoms with E-state index < -0.39 is 0 Å². The van der Waals surface area contributed by atoms with E-state index in [1.807, 2.05) is 24.3 Å². The summed E-state index contributed by atoms with van der Waals surface area (Å²) >= 11 is 0. The number of carbonyl (C=O) groups excluding carboxylic acids is 1.